The van der Waals surface area contributed by atoms with Crippen molar-refractivity contribution in [2.24, 2.45) is 0 Å². The quantitative estimate of drug-likeness (QED) is 0.554. The third-order valence-corrected chi connectivity index (χ3v) is 6.11. The maximum absolute atomic E-state index is 12.7. The fourth-order valence-corrected chi connectivity index (χ4v) is 4.17. The van der Waals surface area contributed by atoms with Gasteiger partial charge in [-0.1, -0.05) is 29.8 Å². The minimum atomic E-state index is -3.74. The highest BCUT2D eigenvalue weighted by molar-refractivity contribution is 7.92. The van der Waals surface area contributed by atoms with Crippen LogP contribution in [0.5, 0.6) is 5.75 Å². The van der Waals surface area contributed by atoms with Crippen LogP contribution in [0, 0.1) is 20.8 Å². The minimum absolute atomic E-state index is 0.106. The van der Waals surface area contributed by atoms with Crippen LogP contribution in [0.1, 0.15) is 23.6 Å². The number of carbonyl (C=O) groups excluding carboxylic acids is 1. The van der Waals surface area contributed by atoms with Gasteiger partial charge in [0.25, 0.3) is 15.9 Å². The Labute approximate surface area is 183 Å². The summed E-state index contributed by atoms with van der Waals surface area (Å²) >= 11 is 0. The Morgan fingerprint density at radius 2 is 1.58 bits per heavy atom. The molecule has 0 saturated heterocycles. The number of carbonyl (C=O) groups is 1. The van der Waals surface area contributed by atoms with Gasteiger partial charge < -0.3 is 10.1 Å². The molecule has 0 aromatic heterocycles. The number of hydrogen-bond donors (Lipinski definition) is 2. The van der Waals surface area contributed by atoms with Crippen molar-refractivity contribution < 1.29 is 17.9 Å². The van der Waals surface area contributed by atoms with E-state index in [2.05, 4.69) is 10.0 Å². The lowest BCUT2D eigenvalue weighted by molar-refractivity contribution is -0.122. The molecule has 0 aliphatic carbocycles. The number of anilines is 2. The summed E-state index contributed by atoms with van der Waals surface area (Å²) in [5, 5.41) is 2.74. The standard InChI is InChI=1S/C24H26N2O4S/c1-16-6-5-7-21(15-16)30-19(4)24(27)25-20-9-11-22(12-10-20)31(28,29)26-23-13-8-17(2)14-18(23)3/h5-15,19,26H,1-4H3,(H,25,27). The van der Waals surface area contributed by atoms with Crippen LogP contribution in [0.15, 0.2) is 71.6 Å². The Hall–Kier alpha value is -3.32. The summed E-state index contributed by atoms with van der Waals surface area (Å²) in [4.78, 5) is 12.5. The van der Waals surface area contributed by atoms with Crippen LogP contribution in [0.4, 0.5) is 11.4 Å². The topological polar surface area (TPSA) is 84.5 Å². The van der Waals surface area contributed by atoms with E-state index in [4.69, 9.17) is 4.74 Å². The van der Waals surface area contributed by atoms with Gasteiger partial charge in [-0.2, -0.15) is 0 Å². The van der Waals surface area contributed by atoms with Crippen LogP contribution in [-0.4, -0.2) is 20.4 Å². The molecule has 3 aromatic carbocycles. The Kier molecular flexibility index (Phi) is 6.65. The lowest BCUT2D eigenvalue weighted by Gasteiger charge is -2.15. The third-order valence-electron chi connectivity index (χ3n) is 4.73. The van der Waals surface area contributed by atoms with Gasteiger partial charge in [0, 0.05) is 5.69 Å². The van der Waals surface area contributed by atoms with Crippen molar-refractivity contribution in [3.05, 3.63) is 83.4 Å². The summed E-state index contributed by atoms with van der Waals surface area (Å²) in [6.07, 6.45) is -0.712. The molecular formula is C24H26N2O4S. The zero-order valence-electron chi connectivity index (χ0n) is 18.0. The number of nitrogens with one attached hydrogen (secondary N) is 2. The van der Waals surface area contributed by atoms with Gasteiger partial charge in [0.2, 0.25) is 0 Å². The smallest absolute Gasteiger partial charge is 0.265 e. The number of amides is 1. The van der Waals surface area contributed by atoms with Crippen LogP contribution in [0.2, 0.25) is 0 Å². The SMILES string of the molecule is Cc1cccc(OC(C)C(=O)Nc2ccc(S(=O)(=O)Nc3ccc(C)cc3C)cc2)c1. The van der Waals surface area contributed by atoms with Crippen molar-refractivity contribution >= 4 is 27.3 Å². The van der Waals surface area contributed by atoms with E-state index >= 15 is 0 Å². The largest absolute Gasteiger partial charge is 0.481 e. The average molecular weight is 439 g/mol. The molecule has 0 aliphatic heterocycles. The molecule has 0 saturated carbocycles. The van der Waals surface area contributed by atoms with E-state index in [0.717, 1.165) is 16.7 Å². The van der Waals surface area contributed by atoms with Gasteiger partial charge in [-0.05, 0) is 81.3 Å². The first-order valence-corrected chi connectivity index (χ1v) is 11.4. The van der Waals surface area contributed by atoms with Crippen molar-refractivity contribution in [2.75, 3.05) is 10.0 Å². The molecule has 7 heteroatoms. The molecule has 3 rings (SSSR count). The van der Waals surface area contributed by atoms with Crippen LogP contribution in [-0.2, 0) is 14.8 Å². The van der Waals surface area contributed by atoms with Crippen molar-refractivity contribution in [1.29, 1.82) is 0 Å². The molecule has 162 valence electrons. The van der Waals surface area contributed by atoms with Gasteiger partial charge in [0.05, 0.1) is 10.6 Å². The van der Waals surface area contributed by atoms with Crippen molar-refractivity contribution in [3.8, 4) is 5.75 Å². The molecule has 31 heavy (non-hydrogen) atoms. The number of sulfonamides is 1. The summed E-state index contributed by atoms with van der Waals surface area (Å²) < 4.78 is 33.7. The first-order chi connectivity index (χ1) is 14.6. The van der Waals surface area contributed by atoms with Crippen LogP contribution < -0.4 is 14.8 Å². The first kappa shape index (κ1) is 22.4. The van der Waals surface area contributed by atoms with Crippen LogP contribution >= 0.6 is 0 Å². The fraction of sp³-hybridized carbons (Fsp3) is 0.208. The Bertz CT molecular complexity index is 1190. The van der Waals surface area contributed by atoms with Gasteiger partial charge in [0.1, 0.15) is 5.75 Å². The number of ether oxygens (including phenoxy) is 1. The zero-order valence-corrected chi connectivity index (χ0v) is 18.8. The minimum Gasteiger partial charge on any atom is -0.481 e. The molecule has 1 atom stereocenters. The highest BCUT2D eigenvalue weighted by Crippen LogP contribution is 2.22. The number of hydrogen-bond acceptors (Lipinski definition) is 4. The summed E-state index contributed by atoms with van der Waals surface area (Å²) in [7, 11) is -3.74. The van der Waals surface area contributed by atoms with E-state index in [1.54, 1.807) is 31.2 Å². The molecule has 6 nitrogen and oxygen atoms in total. The zero-order chi connectivity index (χ0) is 22.6. The van der Waals surface area contributed by atoms with E-state index in [1.807, 2.05) is 51.1 Å². The number of aryl methyl sites for hydroxylation is 3. The summed E-state index contributed by atoms with van der Waals surface area (Å²) in [6, 6.07) is 19.0. The second-order valence-electron chi connectivity index (χ2n) is 7.51. The molecular weight excluding hydrogens is 412 g/mol. The lowest BCUT2D eigenvalue weighted by atomic mass is 10.1. The average Bonchev–Trinajstić information content (AvgIpc) is 2.70. The molecule has 2 N–H and O–H groups in total. The molecule has 1 amide bonds. The molecule has 0 fully saturated rings. The van der Waals surface area contributed by atoms with Gasteiger partial charge in [0.15, 0.2) is 6.10 Å². The maximum atomic E-state index is 12.7. The maximum Gasteiger partial charge on any atom is 0.265 e. The Morgan fingerprint density at radius 3 is 2.23 bits per heavy atom. The predicted octanol–water partition coefficient (Wildman–Crippen LogP) is 4.82. The van der Waals surface area contributed by atoms with Crippen LogP contribution in [0.25, 0.3) is 0 Å². The molecule has 3 aromatic rings. The summed E-state index contributed by atoms with van der Waals surface area (Å²) in [6.45, 7) is 7.40. The van der Waals surface area contributed by atoms with Crippen molar-refractivity contribution in [1.82, 2.24) is 0 Å². The number of rotatable bonds is 7. The second-order valence-corrected chi connectivity index (χ2v) is 9.20. The monoisotopic (exact) mass is 438 g/mol. The van der Waals surface area contributed by atoms with Crippen molar-refractivity contribution in [2.45, 2.75) is 38.7 Å². The van der Waals surface area contributed by atoms with Crippen LogP contribution in [0.3, 0.4) is 0 Å². The van der Waals surface area contributed by atoms with Gasteiger partial charge >= 0.3 is 0 Å². The van der Waals surface area contributed by atoms with E-state index in [9.17, 15) is 13.2 Å². The Balaban J connectivity index is 1.65. The van der Waals surface area contributed by atoms with E-state index in [0.29, 0.717) is 17.1 Å². The third kappa shape index (κ3) is 5.86. The van der Waals surface area contributed by atoms with Gasteiger partial charge in [-0.3, -0.25) is 9.52 Å². The summed E-state index contributed by atoms with van der Waals surface area (Å²) in [5.74, 6) is 0.284. The highest BCUT2D eigenvalue weighted by atomic mass is 32.2. The van der Waals surface area contributed by atoms with E-state index in [-0.39, 0.29) is 10.8 Å². The van der Waals surface area contributed by atoms with E-state index < -0.39 is 16.1 Å². The lowest BCUT2D eigenvalue weighted by Crippen LogP contribution is -2.30. The molecule has 0 spiro atoms. The van der Waals surface area contributed by atoms with Crippen molar-refractivity contribution in [3.63, 3.8) is 0 Å². The predicted molar refractivity (Wildman–Crippen MR) is 123 cm³/mol. The molecule has 1 unspecified atom stereocenters. The molecule has 0 aliphatic rings. The molecule has 0 heterocycles. The number of benzene rings is 3. The summed E-state index contributed by atoms with van der Waals surface area (Å²) in [5.41, 5.74) is 3.95. The molecule has 0 radical (unpaired) electrons. The highest BCUT2D eigenvalue weighted by Gasteiger charge is 2.17. The molecule has 0 bridgehead atoms. The normalized spacial score (nSPS) is 12.1. The Morgan fingerprint density at radius 1 is 0.903 bits per heavy atom. The fourth-order valence-electron chi connectivity index (χ4n) is 3.04. The first-order valence-electron chi connectivity index (χ1n) is 9.88. The van der Waals surface area contributed by atoms with E-state index in [1.165, 1.54) is 12.1 Å². The van der Waals surface area contributed by atoms with Gasteiger partial charge in [-0.15, -0.1) is 0 Å². The second kappa shape index (κ2) is 9.22. The van der Waals surface area contributed by atoms with Gasteiger partial charge in [-0.25, -0.2) is 8.42 Å².